The van der Waals surface area contributed by atoms with E-state index in [4.69, 9.17) is 11.1 Å². The standard InChI is InChI=1S/C10H16N2O2/c1-6(2)10(14)8(5-11)9(12)4-7(3)13/h5-6,11H,4,12H2,1-3H3. The van der Waals surface area contributed by atoms with Gasteiger partial charge in [0.2, 0.25) is 0 Å². The minimum atomic E-state index is -0.211. The van der Waals surface area contributed by atoms with Gasteiger partial charge in [-0.05, 0) is 6.92 Å². The Balaban J connectivity index is 4.93. The second-order valence-corrected chi connectivity index (χ2v) is 3.48. The smallest absolute Gasteiger partial charge is 0.168 e. The number of hydrogen-bond donors (Lipinski definition) is 2. The molecule has 0 saturated heterocycles. The van der Waals surface area contributed by atoms with E-state index in [0.29, 0.717) is 0 Å². The highest BCUT2D eigenvalue weighted by Crippen LogP contribution is 2.09. The quantitative estimate of drug-likeness (QED) is 0.509. The fraction of sp³-hybridized carbons (Fsp3) is 0.500. The van der Waals surface area contributed by atoms with Gasteiger partial charge in [0.25, 0.3) is 0 Å². The Labute approximate surface area is 83.7 Å². The summed E-state index contributed by atoms with van der Waals surface area (Å²) in [4.78, 5) is 22.3. The van der Waals surface area contributed by atoms with E-state index in [1.165, 1.54) is 6.92 Å². The molecule has 0 aliphatic heterocycles. The fourth-order valence-corrected chi connectivity index (χ4v) is 0.997. The SMILES string of the molecule is CC(=O)CC(N)=C(C=N)C(=O)C(C)C. The van der Waals surface area contributed by atoms with Gasteiger partial charge in [-0.3, -0.25) is 9.59 Å². The van der Waals surface area contributed by atoms with Crippen LogP contribution in [0.25, 0.3) is 0 Å². The first kappa shape index (κ1) is 12.6. The van der Waals surface area contributed by atoms with Gasteiger partial charge in [0.1, 0.15) is 5.78 Å². The summed E-state index contributed by atoms with van der Waals surface area (Å²) in [6.45, 7) is 4.86. The molecular weight excluding hydrogens is 180 g/mol. The highest BCUT2D eigenvalue weighted by molar-refractivity contribution is 6.14. The molecule has 14 heavy (non-hydrogen) atoms. The van der Waals surface area contributed by atoms with Crippen LogP contribution in [0.3, 0.4) is 0 Å². The van der Waals surface area contributed by atoms with Gasteiger partial charge < -0.3 is 11.1 Å². The van der Waals surface area contributed by atoms with Gasteiger partial charge in [-0.25, -0.2) is 0 Å². The molecule has 4 nitrogen and oxygen atoms in total. The number of allylic oxidation sites excluding steroid dienone is 2. The Morgan fingerprint density at radius 3 is 2.21 bits per heavy atom. The van der Waals surface area contributed by atoms with Crippen molar-refractivity contribution in [3.8, 4) is 0 Å². The number of ketones is 2. The molecular formula is C10H16N2O2. The predicted molar refractivity (Wildman–Crippen MR) is 55.1 cm³/mol. The monoisotopic (exact) mass is 196 g/mol. The van der Waals surface area contributed by atoms with Crippen LogP contribution in [0, 0.1) is 11.3 Å². The van der Waals surface area contributed by atoms with Crippen molar-refractivity contribution in [2.45, 2.75) is 27.2 Å². The molecule has 0 rings (SSSR count). The highest BCUT2D eigenvalue weighted by atomic mass is 16.1. The number of nitrogens with one attached hydrogen (secondary N) is 1. The minimum absolute atomic E-state index is 0.0309. The molecule has 0 heterocycles. The Bertz CT molecular complexity index is 290. The van der Waals surface area contributed by atoms with Gasteiger partial charge in [-0.1, -0.05) is 13.8 Å². The summed E-state index contributed by atoms with van der Waals surface area (Å²) < 4.78 is 0. The third-order valence-corrected chi connectivity index (χ3v) is 1.72. The van der Waals surface area contributed by atoms with Crippen molar-refractivity contribution in [2.24, 2.45) is 11.7 Å². The van der Waals surface area contributed by atoms with E-state index in [2.05, 4.69) is 0 Å². The summed E-state index contributed by atoms with van der Waals surface area (Å²) in [7, 11) is 0. The zero-order valence-corrected chi connectivity index (χ0v) is 8.76. The van der Waals surface area contributed by atoms with E-state index in [9.17, 15) is 9.59 Å². The lowest BCUT2D eigenvalue weighted by molar-refractivity contribution is -0.117. The van der Waals surface area contributed by atoms with E-state index < -0.39 is 0 Å². The van der Waals surface area contributed by atoms with E-state index in [1.54, 1.807) is 13.8 Å². The van der Waals surface area contributed by atoms with Gasteiger partial charge >= 0.3 is 0 Å². The number of Topliss-reactive ketones (excluding diaryl/α,β-unsaturated/α-hetero) is 2. The first-order chi connectivity index (χ1) is 6.40. The zero-order chi connectivity index (χ0) is 11.3. The first-order valence-electron chi connectivity index (χ1n) is 4.42. The number of carbonyl (C=O) groups excluding carboxylic acids is 2. The maximum absolute atomic E-state index is 11.5. The molecule has 0 saturated carbocycles. The van der Waals surface area contributed by atoms with Crippen LogP contribution in [-0.2, 0) is 9.59 Å². The summed E-state index contributed by atoms with van der Waals surface area (Å²) >= 11 is 0. The summed E-state index contributed by atoms with van der Waals surface area (Å²) in [5.41, 5.74) is 5.89. The third-order valence-electron chi connectivity index (χ3n) is 1.72. The number of rotatable bonds is 5. The molecule has 0 unspecified atom stereocenters. The Morgan fingerprint density at radius 1 is 1.43 bits per heavy atom. The Hall–Kier alpha value is -1.45. The Morgan fingerprint density at radius 2 is 1.93 bits per heavy atom. The molecule has 3 N–H and O–H groups in total. The molecule has 0 amide bonds. The van der Waals surface area contributed by atoms with Crippen LogP contribution in [0.15, 0.2) is 11.3 Å². The molecule has 0 spiro atoms. The lowest BCUT2D eigenvalue weighted by Gasteiger charge is -2.07. The van der Waals surface area contributed by atoms with E-state index in [-0.39, 0.29) is 35.2 Å². The summed E-state index contributed by atoms with van der Waals surface area (Å²) in [5, 5.41) is 7.06. The van der Waals surface area contributed by atoms with Gasteiger partial charge in [-0.2, -0.15) is 0 Å². The summed E-state index contributed by atoms with van der Waals surface area (Å²) in [6.07, 6.45) is 0.948. The molecule has 0 aromatic carbocycles. The van der Waals surface area contributed by atoms with Crippen molar-refractivity contribution in [1.82, 2.24) is 0 Å². The number of nitrogens with two attached hydrogens (primary N) is 1. The molecule has 0 aliphatic carbocycles. The zero-order valence-electron chi connectivity index (χ0n) is 8.76. The molecule has 0 fully saturated rings. The summed E-state index contributed by atoms with van der Waals surface area (Å²) in [6, 6.07) is 0. The van der Waals surface area contributed by atoms with Crippen LogP contribution < -0.4 is 5.73 Å². The average Bonchev–Trinajstić information content (AvgIpc) is 2.03. The predicted octanol–water partition coefficient (Wildman–Crippen LogP) is 1.05. The van der Waals surface area contributed by atoms with Crippen LogP contribution in [0.4, 0.5) is 0 Å². The van der Waals surface area contributed by atoms with Crippen LogP contribution in [0.2, 0.25) is 0 Å². The lowest BCUT2D eigenvalue weighted by atomic mass is 9.98. The first-order valence-corrected chi connectivity index (χ1v) is 4.42. The van der Waals surface area contributed by atoms with Crippen LogP contribution in [0.5, 0.6) is 0 Å². The Kier molecular flexibility index (Phi) is 4.77. The number of hydrogen-bond acceptors (Lipinski definition) is 4. The summed E-state index contributed by atoms with van der Waals surface area (Å²) in [5.74, 6) is -0.519. The molecule has 4 heteroatoms. The molecule has 0 atom stereocenters. The van der Waals surface area contributed by atoms with Crippen molar-refractivity contribution >= 4 is 17.8 Å². The average molecular weight is 196 g/mol. The van der Waals surface area contributed by atoms with Gasteiger partial charge in [0.15, 0.2) is 5.78 Å². The van der Waals surface area contributed by atoms with Crippen molar-refractivity contribution in [2.75, 3.05) is 0 Å². The maximum Gasteiger partial charge on any atom is 0.168 e. The second kappa shape index (κ2) is 5.32. The van der Waals surface area contributed by atoms with Crippen LogP contribution >= 0.6 is 0 Å². The fourth-order valence-electron chi connectivity index (χ4n) is 0.997. The van der Waals surface area contributed by atoms with E-state index >= 15 is 0 Å². The van der Waals surface area contributed by atoms with Gasteiger partial charge in [0.05, 0.1) is 5.57 Å². The van der Waals surface area contributed by atoms with E-state index in [1.807, 2.05) is 0 Å². The maximum atomic E-state index is 11.5. The molecule has 78 valence electrons. The van der Waals surface area contributed by atoms with Crippen molar-refractivity contribution in [3.05, 3.63) is 11.3 Å². The largest absolute Gasteiger partial charge is 0.401 e. The van der Waals surface area contributed by atoms with Crippen molar-refractivity contribution in [1.29, 1.82) is 5.41 Å². The van der Waals surface area contributed by atoms with E-state index in [0.717, 1.165) is 6.21 Å². The number of carbonyl (C=O) groups is 2. The van der Waals surface area contributed by atoms with Crippen molar-refractivity contribution < 1.29 is 9.59 Å². The van der Waals surface area contributed by atoms with Crippen LogP contribution in [0.1, 0.15) is 27.2 Å². The second-order valence-electron chi connectivity index (χ2n) is 3.48. The molecule has 0 aromatic heterocycles. The van der Waals surface area contributed by atoms with Gasteiger partial charge in [-0.15, -0.1) is 0 Å². The molecule has 0 aliphatic rings. The molecule has 0 radical (unpaired) electrons. The molecule has 0 bridgehead atoms. The molecule has 0 aromatic rings. The normalized spacial score (nSPS) is 12.3. The highest BCUT2D eigenvalue weighted by Gasteiger charge is 2.15. The topological polar surface area (TPSA) is 84.0 Å². The van der Waals surface area contributed by atoms with Gasteiger partial charge in [0, 0.05) is 24.3 Å². The van der Waals surface area contributed by atoms with Crippen LogP contribution in [-0.4, -0.2) is 17.8 Å². The third kappa shape index (κ3) is 3.51. The van der Waals surface area contributed by atoms with Crippen molar-refractivity contribution in [3.63, 3.8) is 0 Å². The minimum Gasteiger partial charge on any atom is -0.401 e. The lowest BCUT2D eigenvalue weighted by Crippen LogP contribution is -2.18.